The molecule has 4 rings (SSSR count). The van der Waals surface area contributed by atoms with Crippen molar-refractivity contribution in [2.24, 2.45) is 0 Å². The number of nitrogens with zero attached hydrogens (tertiary/aromatic N) is 2. The second-order valence-corrected chi connectivity index (χ2v) is 7.53. The number of carbonyl (C=O) groups excluding carboxylic acids is 2. The fourth-order valence-corrected chi connectivity index (χ4v) is 3.49. The molecule has 9 heteroatoms. The molecule has 2 heterocycles. The predicted octanol–water partition coefficient (Wildman–Crippen LogP) is 2.69. The summed E-state index contributed by atoms with van der Waals surface area (Å²) in [5, 5.41) is 14.2. The van der Waals surface area contributed by atoms with E-state index in [0.29, 0.717) is 22.2 Å². The van der Waals surface area contributed by atoms with Gasteiger partial charge in [-0.2, -0.15) is 0 Å². The number of aryl methyl sites for hydroxylation is 1. The van der Waals surface area contributed by atoms with Gasteiger partial charge in [-0.25, -0.2) is 0 Å². The molecule has 1 aromatic heterocycles. The van der Waals surface area contributed by atoms with Gasteiger partial charge in [-0.3, -0.25) is 9.59 Å². The summed E-state index contributed by atoms with van der Waals surface area (Å²) in [7, 11) is 0. The van der Waals surface area contributed by atoms with Crippen molar-refractivity contribution >= 4 is 28.8 Å². The highest BCUT2D eigenvalue weighted by Gasteiger charge is 2.17. The molecule has 0 aliphatic carbocycles. The van der Waals surface area contributed by atoms with Gasteiger partial charge in [-0.05, 0) is 24.6 Å². The molecule has 148 valence electrons. The average molecular weight is 410 g/mol. The maximum atomic E-state index is 12.4. The van der Waals surface area contributed by atoms with Gasteiger partial charge < -0.3 is 20.1 Å². The Kier molecular flexibility index (Phi) is 5.39. The van der Waals surface area contributed by atoms with Gasteiger partial charge >= 0.3 is 0 Å². The molecule has 0 bridgehead atoms. The zero-order valence-corrected chi connectivity index (χ0v) is 16.4. The van der Waals surface area contributed by atoms with Crippen LogP contribution < -0.4 is 20.1 Å². The second kappa shape index (κ2) is 8.27. The topological polar surface area (TPSA) is 102 Å². The fourth-order valence-electron chi connectivity index (χ4n) is 2.82. The highest BCUT2D eigenvalue weighted by molar-refractivity contribution is 7.13. The van der Waals surface area contributed by atoms with Crippen molar-refractivity contribution in [1.82, 2.24) is 15.5 Å². The Bertz CT molecular complexity index is 1070. The van der Waals surface area contributed by atoms with Crippen LogP contribution in [0.1, 0.15) is 25.9 Å². The summed E-state index contributed by atoms with van der Waals surface area (Å²) < 4.78 is 10.5. The van der Waals surface area contributed by atoms with Crippen molar-refractivity contribution in [3.63, 3.8) is 0 Å². The number of hydrogen-bond donors (Lipinski definition) is 2. The maximum Gasteiger partial charge on any atom is 0.286 e. The second-order valence-electron chi connectivity index (χ2n) is 6.47. The third-order valence-electron chi connectivity index (χ3n) is 4.18. The van der Waals surface area contributed by atoms with E-state index in [0.717, 1.165) is 22.5 Å². The summed E-state index contributed by atoms with van der Waals surface area (Å²) in [6.07, 6.45) is 0.290. The van der Waals surface area contributed by atoms with Crippen LogP contribution in [0.2, 0.25) is 0 Å². The molecule has 1 aliphatic rings. The van der Waals surface area contributed by atoms with E-state index < -0.39 is 0 Å². The van der Waals surface area contributed by atoms with Gasteiger partial charge in [0.2, 0.25) is 17.7 Å². The smallest absolute Gasteiger partial charge is 0.286 e. The first-order valence-electron chi connectivity index (χ1n) is 8.92. The quantitative estimate of drug-likeness (QED) is 0.648. The van der Waals surface area contributed by atoms with Crippen LogP contribution in [0.4, 0.5) is 5.69 Å². The number of carbonyl (C=O) groups is 2. The fraction of sp³-hybridized carbons (Fsp3) is 0.200. The highest BCUT2D eigenvalue weighted by atomic mass is 32.1. The SMILES string of the molecule is Cc1cccc(CC(=O)NCc2nnc(C(=O)Nc3ccc4c(c3)OCO4)s2)c1. The van der Waals surface area contributed by atoms with Crippen LogP contribution in [0, 0.1) is 6.92 Å². The Morgan fingerprint density at radius 1 is 1.10 bits per heavy atom. The van der Waals surface area contributed by atoms with Gasteiger partial charge in [0.1, 0.15) is 5.01 Å². The molecule has 0 radical (unpaired) electrons. The van der Waals surface area contributed by atoms with Gasteiger partial charge in [0.25, 0.3) is 5.91 Å². The number of amides is 2. The maximum absolute atomic E-state index is 12.4. The lowest BCUT2D eigenvalue weighted by Gasteiger charge is -2.04. The highest BCUT2D eigenvalue weighted by Crippen LogP contribution is 2.34. The van der Waals surface area contributed by atoms with Crippen LogP contribution in [0.3, 0.4) is 0 Å². The number of rotatable bonds is 6. The molecule has 2 amide bonds. The number of benzene rings is 2. The van der Waals surface area contributed by atoms with E-state index >= 15 is 0 Å². The molecular weight excluding hydrogens is 392 g/mol. The first-order chi connectivity index (χ1) is 14.1. The Morgan fingerprint density at radius 2 is 1.97 bits per heavy atom. The first kappa shape index (κ1) is 18.9. The van der Waals surface area contributed by atoms with E-state index in [1.807, 2.05) is 31.2 Å². The van der Waals surface area contributed by atoms with Crippen molar-refractivity contribution in [2.75, 3.05) is 12.1 Å². The van der Waals surface area contributed by atoms with Crippen molar-refractivity contribution in [1.29, 1.82) is 0 Å². The minimum atomic E-state index is -0.376. The third-order valence-corrected chi connectivity index (χ3v) is 5.10. The molecule has 0 saturated carbocycles. The number of anilines is 1. The lowest BCUT2D eigenvalue weighted by molar-refractivity contribution is -0.120. The number of aromatic nitrogens is 2. The molecule has 3 aromatic rings. The summed E-state index contributed by atoms with van der Waals surface area (Å²) in [6.45, 7) is 2.38. The largest absolute Gasteiger partial charge is 0.454 e. The molecule has 29 heavy (non-hydrogen) atoms. The zero-order valence-electron chi connectivity index (χ0n) is 15.6. The van der Waals surface area contributed by atoms with Crippen LogP contribution in [0.5, 0.6) is 11.5 Å². The molecule has 8 nitrogen and oxygen atoms in total. The standard InChI is InChI=1S/C20H18N4O4S/c1-12-3-2-4-13(7-12)8-17(25)21-10-18-23-24-20(29-18)19(26)22-14-5-6-15-16(9-14)28-11-27-15/h2-7,9H,8,10-11H2,1H3,(H,21,25)(H,22,26). The van der Waals surface area contributed by atoms with Crippen LogP contribution in [0.25, 0.3) is 0 Å². The Hall–Kier alpha value is -3.46. The van der Waals surface area contributed by atoms with Gasteiger partial charge in [-0.15, -0.1) is 10.2 Å². The summed E-state index contributed by atoms with van der Waals surface area (Å²) in [5.74, 6) is 0.732. The average Bonchev–Trinajstić information content (AvgIpc) is 3.35. The monoisotopic (exact) mass is 410 g/mol. The van der Waals surface area contributed by atoms with Crippen LogP contribution in [-0.4, -0.2) is 28.8 Å². The zero-order chi connectivity index (χ0) is 20.2. The molecule has 0 atom stereocenters. The molecular formula is C20H18N4O4S. The van der Waals surface area contributed by atoms with Gasteiger partial charge in [0.05, 0.1) is 13.0 Å². The molecule has 0 unspecified atom stereocenters. The van der Waals surface area contributed by atoms with E-state index in [9.17, 15) is 9.59 Å². The summed E-state index contributed by atoms with van der Waals surface area (Å²) in [4.78, 5) is 24.5. The Morgan fingerprint density at radius 3 is 2.83 bits per heavy atom. The Balaban J connectivity index is 1.31. The predicted molar refractivity (Wildman–Crippen MR) is 107 cm³/mol. The minimum Gasteiger partial charge on any atom is -0.454 e. The van der Waals surface area contributed by atoms with Gasteiger partial charge in [-0.1, -0.05) is 41.2 Å². The van der Waals surface area contributed by atoms with E-state index in [-0.39, 0.29) is 36.6 Å². The molecule has 2 N–H and O–H groups in total. The molecule has 2 aromatic carbocycles. The van der Waals surface area contributed by atoms with E-state index in [1.165, 1.54) is 0 Å². The number of fused-ring (bicyclic) bond motifs is 1. The van der Waals surface area contributed by atoms with Crippen molar-refractivity contribution in [2.45, 2.75) is 19.9 Å². The van der Waals surface area contributed by atoms with Crippen LogP contribution >= 0.6 is 11.3 Å². The number of hydrogen-bond acceptors (Lipinski definition) is 7. The van der Waals surface area contributed by atoms with E-state index in [1.54, 1.807) is 18.2 Å². The van der Waals surface area contributed by atoms with E-state index in [2.05, 4.69) is 20.8 Å². The van der Waals surface area contributed by atoms with Gasteiger partial charge in [0, 0.05) is 11.8 Å². The summed E-state index contributed by atoms with van der Waals surface area (Å²) in [5.41, 5.74) is 2.63. The van der Waals surface area contributed by atoms with E-state index in [4.69, 9.17) is 9.47 Å². The molecule has 1 aliphatic heterocycles. The summed E-state index contributed by atoms with van der Waals surface area (Å²) >= 11 is 1.13. The van der Waals surface area contributed by atoms with Crippen molar-refractivity contribution in [3.05, 3.63) is 63.6 Å². The minimum absolute atomic E-state index is 0.114. The normalized spacial score (nSPS) is 11.9. The van der Waals surface area contributed by atoms with Crippen molar-refractivity contribution in [3.8, 4) is 11.5 Å². The lowest BCUT2D eigenvalue weighted by atomic mass is 10.1. The Labute approximate surface area is 170 Å². The molecule has 0 saturated heterocycles. The van der Waals surface area contributed by atoms with Gasteiger partial charge in [0.15, 0.2) is 11.5 Å². The van der Waals surface area contributed by atoms with Crippen LogP contribution in [-0.2, 0) is 17.8 Å². The molecule has 0 spiro atoms. The number of ether oxygens (including phenoxy) is 2. The summed E-state index contributed by atoms with van der Waals surface area (Å²) in [6, 6.07) is 12.9. The van der Waals surface area contributed by atoms with Crippen molar-refractivity contribution < 1.29 is 19.1 Å². The number of nitrogens with one attached hydrogen (secondary N) is 2. The first-order valence-corrected chi connectivity index (χ1v) is 9.74. The van der Waals surface area contributed by atoms with Crippen LogP contribution in [0.15, 0.2) is 42.5 Å². The molecule has 0 fully saturated rings. The third kappa shape index (κ3) is 4.69. The lowest BCUT2D eigenvalue weighted by Crippen LogP contribution is -2.24.